The van der Waals surface area contributed by atoms with Crippen molar-refractivity contribution in [2.24, 2.45) is 5.92 Å². The number of aromatic nitrogens is 3. The first-order valence-corrected chi connectivity index (χ1v) is 12.1. The molecule has 0 spiro atoms. The summed E-state index contributed by atoms with van der Waals surface area (Å²) < 4.78 is 2.04. The van der Waals surface area contributed by atoms with Crippen molar-refractivity contribution in [2.45, 2.75) is 56.5 Å². The fraction of sp³-hybridized carbons (Fsp3) is 0.375. The van der Waals surface area contributed by atoms with Gasteiger partial charge in [-0.1, -0.05) is 72.6 Å². The van der Waals surface area contributed by atoms with Crippen LogP contribution in [0, 0.1) is 12.8 Å². The molecule has 1 aliphatic rings. The predicted molar refractivity (Wildman–Crippen MR) is 126 cm³/mol. The molecule has 0 bridgehead atoms. The first-order valence-electron chi connectivity index (χ1n) is 10.7. The van der Waals surface area contributed by atoms with Crippen molar-refractivity contribution < 1.29 is 4.79 Å². The number of hydrogen-bond acceptors (Lipinski definition) is 4. The molecule has 0 radical (unpaired) electrons. The highest BCUT2D eigenvalue weighted by molar-refractivity contribution is 7.98. The number of thioether (sulfide) groups is 1. The molecule has 4 rings (SSSR count). The first-order chi connectivity index (χ1) is 15.0. The molecule has 7 heteroatoms. The van der Waals surface area contributed by atoms with Gasteiger partial charge in [-0.25, -0.2) is 0 Å². The van der Waals surface area contributed by atoms with Crippen molar-refractivity contribution in [1.82, 2.24) is 20.1 Å². The van der Waals surface area contributed by atoms with Crippen molar-refractivity contribution in [3.63, 3.8) is 0 Å². The van der Waals surface area contributed by atoms with Crippen LogP contribution in [0.3, 0.4) is 0 Å². The number of nitrogens with zero attached hydrogens (tertiary/aromatic N) is 3. The zero-order chi connectivity index (χ0) is 21.8. The van der Waals surface area contributed by atoms with Crippen LogP contribution in [-0.2, 0) is 10.5 Å². The molecule has 2 aromatic carbocycles. The Morgan fingerprint density at radius 2 is 1.94 bits per heavy atom. The van der Waals surface area contributed by atoms with E-state index in [2.05, 4.69) is 27.6 Å². The summed E-state index contributed by atoms with van der Waals surface area (Å²) in [6, 6.07) is 15.8. The second kappa shape index (κ2) is 9.88. The summed E-state index contributed by atoms with van der Waals surface area (Å²) in [5, 5.41) is 13.6. The standard InChI is InChI=1S/C24H27ClN4OS/c1-16-12-13-20(25)14-21(16)29-22(17(2)26-23(30)19-10-6-7-11-19)27-28-24(29)31-15-18-8-4-3-5-9-18/h3-5,8-9,12-14,17,19H,6-7,10-11,15H2,1-2H3,(H,26,30). The van der Waals surface area contributed by atoms with Crippen LogP contribution >= 0.6 is 23.4 Å². The normalized spacial score (nSPS) is 15.2. The monoisotopic (exact) mass is 454 g/mol. The van der Waals surface area contributed by atoms with Gasteiger partial charge in [-0.05, 0) is 49.9 Å². The summed E-state index contributed by atoms with van der Waals surface area (Å²) in [5.41, 5.74) is 3.22. The maximum absolute atomic E-state index is 12.7. The highest BCUT2D eigenvalue weighted by Crippen LogP contribution is 2.31. The molecule has 1 N–H and O–H groups in total. The molecule has 162 valence electrons. The molecule has 1 aromatic heterocycles. The van der Waals surface area contributed by atoms with Crippen LogP contribution in [0.1, 0.15) is 55.6 Å². The van der Waals surface area contributed by atoms with Crippen molar-refractivity contribution in [2.75, 3.05) is 0 Å². The number of hydrogen-bond donors (Lipinski definition) is 1. The summed E-state index contributed by atoms with van der Waals surface area (Å²) in [6.45, 7) is 4.02. The number of nitrogens with one attached hydrogen (secondary N) is 1. The van der Waals surface area contributed by atoms with Gasteiger partial charge < -0.3 is 5.32 Å². The molecular formula is C24H27ClN4OS. The largest absolute Gasteiger partial charge is 0.346 e. The molecule has 3 aromatic rings. The third-order valence-electron chi connectivity index (χ3n) is 5.75. The molecule has 1 amide bonds. The van der Waals surface area contributed by atoms with Gasteiger partial charge in [0.25, 0.3) is 0 Å². The zero-order valence-electron chi connectivity index (χ0n) is 17.8. The topological polar surface area (TPSA) is 59.8 Å². The Morgan fingerprint density at radius 1 is 1.19 bits per heavy atom. The average Bonchev–Trinajstić information content (AvgIpc) is 3.45. The van der Waals surface area contributed by atoms with Gasteiger partial charge in [0.15, 0.2) is 11.0 Å². The number of amides is 1. The minimum atomic E-state index is -0.259. The second-order valence-corrected chi connectivity index (χ2v) is 9.47. The quantitative estimate of drug-likeness (QED) is 0.452. The van der Waals surface area contributed by atoms with Gasteiger partial charge in [-0.3, -0.25) is 9.36 Å². The summed E-state index contributed by atoms with van der Waals surface area (Å²) in [4.78, 5) is 12.7. The van der Waals surface area contributed by atoms with Crippen molar-refractivity contribution >= 4 is 29.3 Å². The molecular weight excluding hydrogens is 428 g/mol. The van der Waals surface area contributed by atoms with E-state index in [9.17, 15) is 4.79 Å². The molecule has 1 saturated carbocycles. The third kappa shape index (κ3) is 5.13. The van der Waals surface area contributed by atoms with Crippen LogP contribution < -0.4 is 5.32 Å². The van der Waals surface area contributed by atoms with Crippen LogP contribution in [0.5, 0.6) is 0 Å². The first kappa shape index (κ1) is 21.9. The van der Waals surface area contributed by atoms with Gasteiger partial charge in [-0.2, -0.15) is 0 Å². The van der Waals surface area contributed by atoms with Crippen LogP contribution in [0.25, 0.3) is 5.69 Å². The molecule has 5 nitrogen and oxygen atoms in total. The lowest BCUT2D eigenvalue weighted by atomic mass is 10.1. The van der Waals surface area contributed by atoms with E-state index >= 15 is 0 Å². The van der Waals surface area contributed by atoms with Crippen LogP contribution in [-0.4, -0.2) is 20.7 Å². The number of benzene rings is 2. The molecule has 1 fully saturated rings. The van der Waals surface area contributed by atoms with Crippen LogP contribution in [0.2, 0.25) is 5.02 Å². The van der Waals surface area contributed by atoms with E-state index in [1.807, 2.05) is 54.8 Å². The fourth-order valence-electron chi connectivity index (χ4n) is 4.01. The minimum absolute atomic E-state index is 0.110. The number of halogens is 1. The molecule has 31 heavy (non-hydrogen) atoms. The number of rotatable bonds is 7. The molecule has 1 atom stereocenters. The van der Waals surface area contributed by atoms with Crippen LogP contribution in [0.15, 0.2) is 53.7 Å². The van der Waals surface area contributed by atoms with E-state index < -0.39 is 0 Å². The highest BCUT2D eigenvalue weighted by atomic mass is 35.5. The SMILES string of the molecule is Cc1ccc(Cl)cc1-n1c(SCc2ccccc2)nnc1C(C)NC(=O)C1CCCC1. The van der Waals surface area contributed by atoms with Gasteiger partial charge >= 0.3 is 0 Å². The lowest BCUT2D eigenvalue weighted by molar-refractivity contribution is -0.125. The fourth-order valence-corrected chi connectivity index (χ4v) is 5.09. The summed E-state index contributed by atoms with van der Waals surface area (Å²) >= 11 is 7.96. The van der Waals surface area contributed by atoms with Gasteiger partial charge in [0.1, 0.15) is 0 Å². The molecule has 1 heterocycles. The molecule has 0 saturated heterocycles. The maximum Gasteiger partial charge on any atom is 0.223 e. The van der Waals surface area contributed by atoms with Crippen molar-refractivity contribution in [3.8, 4) is 5.69 Å². The Bertz CT molecular complexity index is 1050. The van der Waals surface area contributed by atoms with Gasteiger partial charge in [0.2, 0.25) is 5.91 Å². The summed E-state index contributed by atoms with van der Waals surface area (Å²) in [6.07, 6.45) is 4.20. The summed E-state index contributed by atoms with van der Waals surface area (Å²) in [7, 11) is 0. The Balaban J connectivity index is 1.65. The van der Waals surface area contributed by atoms with Gasteiger partial charge in [0.05, 0.1) is 11.7 Å². The van der Waals surface area contributed by atoms with E-state index in [-0.39, 0.29) is 17.9 Å². The predicted octanol–water partition coefficient (Wildman–Crippen LogP) is 5.89. The maximum atomic E-state index is 12.7. The average molecular weight is 455 g/mol. The summed E-state index contributed by atoms with van der Waals surface area (Å²) in [5.74, 6) is 1.72. The van der Waals surface area contributed by atoms with E-state index in [4.69, 9.17) is 11.6 Å². The van der Waals surface area contributed by atoms with E-state index in [0.717, 1.165) is 47.8 Å². The number of carbonyl (C=O) groups excluding carboxylic acids is 1. The van der Waals surface area contributed by atoms with E-state index in [1.165, 1.54) is 5.56 Å². The Labute approximate surface area is 192 Å². The van der Waals surface area contributed by atoms with Crippen molar-refractivity contribution in [1.29, 1.82) is 0 Å². The number of aryl methyl sites for hydroxylation is 1. The minimum Gasteiger partial charge on any atom is -0.346 e. The number of carbonyl (C=O) groups is 1. The zero-order valence-corrected chi connectivity index (χ0v) is 19.4. The Kier molecular flexibility index (Phi) is 6.98. The van der Waals surface area contributed by atoms with Gasteiger partial charge in [-0.15, -0.1) is 10.2 Å². The Morgan fingerprint density at radius 3 is 2.68 bits per heavy atom. The van der Waals surface area contributed by atoms with Crippen LogP contribution in [0.4, 0.5) is 0 Å². The smallest absolute Gasteiger partial charge is 0.223 e. The molecule has 1 unspecified atom stereocenters. The van der Waals surface area contributed by atoms with Gasteiger partial charge in [0, 0.05) is 16.7 Å². The highest BCUT2D eigenvalue weighted by Gasteiger charge is 2.27. The third-order valence-corrected chi connectivity index (χ3v) is 6.99. The molecule has 0 aliphatic heterocycles. The van der Waals surface area contributed by atoms with E-state index in [0.29, 0.717) is 10.8 Å². The lowest BCUT2D eigenvalue weighted by Crippen LogP contribution is -2.33. The Hall–Kier alpha value is -2.31. The van der Waals surface area contributed by atoms with E-state index in [1.54, 1.807) is 11.8 Å². The molecule has 1 aliphatic carbocycles. The lowest BCUT2D eigenvalue weighted by Gasteiger charge is -2.19. The van der Waals surface area contributed by atoms with Crippen molar-refractivity contribution in [3.05, 3.63) is 70.5 Å². The second-order valence-electron chi connectivity index (χ2n) is 8.09.